The number of carbonyl (C=O) groups is 1. The Hall–Kier alpha value is -1.58. The van der Waals surface area contributed by atoms with Crippen LogP contribution < -0.4 is 0 Å². The van der Waals surface area contributed by atoms with Crippen molar-refractivity contribution >= 4 is 6.09 Å². The highest BCUT2D eigenvalue weighted by atomic mass is 16.6. The third-order valence-corrected chi connectivity index (χ3v) is 3.16. The van der Waals surface area contributed by atoms with Crippen LogP contribution in [0.3, 0.4) is 0 Å². The zero-order valence-corrected chi connectivity index (χ0v) is 12.1. The summed E-state index contributed by atoms with van der Waals surface area (Å²) in [7, 11) is 0. The molecule has 0 aliphatic carbocycles. The predicted molar refractivity (Wildman–Crippen MR) is 73.9 cm³/mol. The minimum absolute atomic E-state index is 0.0993. The first kappa shape index (κ1) is 13.8. The SMILES string of the molecule is Cc1cncc(C2CCCN2C(=O)OC(C)(C)C)c1. The van der Waals surface area contributed by atoms with E-state index in [1.165, 1.54) is 0 Å². The van der Waals surface area contributed by atoms with E-state index in [2.05, 4.69) is 11.1 Å². The van der Waals surface area contributed by atoms with Crippen molar-refractivity contribution in [2.24, 2.45) is 0 Å². The first-order chi connectivity index (χ1) is 8.87. The van der Waals surface area contributed by atoms with Gasteiger partial charge < -0.3 is 9.64 Å². The molecule has 2 rings (SSSR count). The summed E-state index contributed by atoms with van der Waals surface area (Å²) in [5.74, 6) is 0. The average Bonchev–Trinajstić information content (AvgIpc) is 2.75. The molecule has 1 atom stereocenters. The van der Waals surface area contributed by atoms with E-state index in [1.54, 1.807) is 0 Å². The van der Waals surface area contributed by atoms with E-state index >= 15 is 0 Å². The minimum atomic E-state index is -0.449. The van der Waals surface area contributed by atoms with Crippen molar-refractivity contribution in [2.75, 3.05) is 6.54 Å². The van der Waals surface area contributed by atoms with Crippen LogP contribution in [0.2, 0.25) is 0 Å². The molecule has 1 aliphatic rings. The van der Waals surface area contributed by atoms with Crippen molar-refractivity contribution in [3.63, 3.8) is 0 Å². The van der Waals surface area contributed by atoms with Crippen molar-refractivity contribution in [3.05, 3.63) is 29.6 Å². The summed E-state index contributed by atoms with van der Waals surface area (Å²) in [4.78, 5) is 18.3. The molecule has 4 nitrogen and oxygen atoms in total. The maximum absolute atomic E-state index is 12.2. The van der Waals surface area contributed by atoms with Gasteiger partial charge in [0.1, 0.15) is 5.60 Å². The molecule has 4 heteroatoms. The Balaban J connectivity index is 2.15. The summed E-state index contributed by atoms with van der Waals surface area (Å²) in [5.41, 5.74) is 1.77. The van der Waals surface area contributed by atoms with Crippen LogP contribution in [-0.4, -0.2) is 28.1 Å². The van der Waals surface area contributed by atoms with Crippen molar-refractivity contribution in [2.45, 2.75) is 52.2 Å². The molecule has 2 heterocycles. The lowest BCUT2D eigenvalue weighted by Gasteiger charge is -2.28. The average molecular weight is 262 g/mol. The van der Waals surface area contributed by atoms with Crippen LogP contribution >= 0.6 is 0 Å². The molecular weight excluding hydrogens is 240 g/mol. The second-order valence-electron chi connectivity index (χ2n) is 6.13. The van der Waals surface area contributed by atoms with E-state index < -0.39 is 5.60 Å². The molecular formula is C15H22N2O2. The summed E-state index contributed by atoms with van der Waals surface area (Å²) >= 11 is 0. The Labute approximate surface area is 114 Å². The summed E-state index contributed by atoms with van der Waals surface area (Å²) in [6.45, 7) is 8.45. The molecule has 19 heavy (non-hydrogen) atoms. The maximum Gasteiger partial charge on any atom is 0.410 e. The van der Waals surface area contributed by atoms with Gasteiger partial charge in [-0.1, -0.05) is 6.07 Å². The number of aryl methyl sites for hydroxylation is 1. The zero-order valence-electron chi connectivity index (χ0n) is 12.1. The zero-order chi connectivity index (χ0) is 14.0. The molecule has 0 saturated carbocycles. The van der Waals surface area contributed by atoms with Gasteiger partial charge in [-0.3, -0.25) is 4.98 Å². The fourth-order valence-electron chi connectivity index (χ4n) is 2.41. The Morgan fingerprint density at radius 3 is 2.79 bits per heavy atom. The number of nitrogens with zero attached hydrogens (tertiary/aromatic N) is 2. The predicted octanol–water partition coefficient (Wildman–Crippen LogP) is 3.46. The van der Waals surface area contributed by atoms with E-state index in [9.17, 15) is 4.79 Å². The highest BCUT2D eigenvalue weighted by Gasteiger charge is 2.33. The Kier molecular flexibility index (Phi) is 3.78. The van der Waals surface area contributed by atoms with Gasteiger partial charge in [0.05, 0.1) is 6.04 Å². The Morgan fingerprint density at radius 1 is 1.42 bits per heavy atom. The van der Waals surface area contributed by atoms with Gasteiger partial charge >= 0.3 is 6.09 Å². The molecule has 1 aliphatic heterocycles. The lowest BCUT2D eigenvalue weighted by Crippen LogP contribution is -2.36. The van der Waals surface area contributed by atoms with Gasteiger partial charge in [-0.2, -0.15) is 0 Å². The second kappa shape index (κ2) is 5.19. The summed E-state index contributed by atoms with van der Waals surface area (Å²) < 4.78 is 5.47. The monoisotopic (exact) mass is 262 g/mol. The third-order valence-electron chi connectivity index (χ3n) is 3.16. The number of pyridine rings is 1. The van der Waals surface area contributed by atoms with Crippen molar-refractivity contribution in [1.29, 1.82) is 0 Å². The Morgan fingerprint density at radius 2 is 2.16 bits per heavy atom. The molecule has 104 valence electrons. The number of likely N-dealkylation sites (tertiary alicyclic amines) is 1. The smallest absolute Gasteiger partial charge is 0.410 e. The topological polar surface area (TPSA) is 42.4 Å². The fraction of sp³-hybridized carbons (Fsp3) is 0.600. The molecule has 1 unspecified atom stereocenters. The number of hydrogen-bond donors (Lipinski definition) is 0. The van der Waals surface area contributed by atoms with E-state index in [-0.39, 0.29) is 12.1 Å². The van der Waals surface area contributed by atoms with E-state index in [4.69, 9.17) is 4.74 Å². The van der Waals surface area contributed by atoms with Crippen molar-refractivity contribution in [3.8, 4) is 0 Å². The van der Waals surface area contributed by atoms with Crippen LogP contribution in [0, 0.1) is 6.92 Å². The van der Waals surface area contributed by atoms with E-state index in [0.717, 1.165) is 30.5 Å². The molecule has 0 aromatic carbocycles. The van der Waals surface area contributed by atoms with Crippen LogP contribution in [0.25, 0.3) is 0 Å². The number of aromatic nitrogens is 1. The van der Waals surface area contributed by atoms with E-state index in [0.29, 0.717) is 0 Å². The fourth-order valence-corrected chi connectivity index (χ4v) is 2.41. The number of amides is 1. The molecule has 0 radical (unpaired) electrons. The lowest BCUT2D eigenvalue weighted by atomic mass is 10.1. The van der Waals surface area contributed by atoms with Crippen molar-refractivity contribution < 1.29 is 9.53 Å². The van der Waals surface area contributed by atoms with Gasteiger partial charge in [-0.15, -0.1) is 0 Å². The standard InChI is InChI=1S/C15H22N2O2/c1-11-8-12(10-16-9-11)13-6-5-7-17(13)14(18)19-15(2,3)4/h8-10,13H,5-7H2,1-4H3. The second-order valence-corrected chi connectivity index (χ2v) is 6.13. The highest BCUT2D eigenvalue weighted by molar-refractivity contribution is 5.69. The number of hydrogen-bond acceptors (Lipinski definition) is 3. The maximum atomic E-state index is 12.2. The number of ether oxygens (including phenoxy) is 1. The largest absolute Gasteiger partial charge is 0.444 e. The first-order valence-electron chi connectivity index (χ1n) is 6.78. The van der Waals surface area contributed by atoms with Gasteiger partial charge in [0.15, 0.2) is 0 Å². The van der Waals surface area contributed by atoms with Crippen LogP contribution in [-0.2, 0) is 4.74 Å². The molecule has 1 aromatic rings. The molecule has 0 N–H and O–H groups in total. The van der Waals surface area contributed by atoms with Crippen LogP contribution in [0.5, 0.6) is 0 Å². The molecule has 0 bridgehead atoms. The lowest BCUT2D eigenvalue weighted by molar-refractivity contribution is 0.0224. The molecule has 1 aromatic heterocycles. The molecule has 0 spiro atoms. The molecule has 1 amide bonds. The quantitative estimate of drug-likeness (QED) is 0.778. The van der Waals surface area contributed by atoms with Gasteiger partial charge in [0.2, 0.25) is 0 Å². The normalized spacial score (nSPS) is 19.6. The van der Waals surface area contributed by atoms with E-state index in [1.807, 2.05) is 45.0 Å². The summed E-state index contributed by atoms with van der Waals surface area (Å²) in [6, 6.07) is 2.20. The van der Waals surface area contributed by atoms with Crippen LogP contribution in [0.4, 0.5) is 4.79 Å². The van der Waals surface area contributed by atoms with Gasteiger partial charge in [-0.05, 0) is 51.7 Å². The number of carbonyl (C=O) groups excluding carboxylic acids is 1. The third kappa shape index (κ3) is 3.46. The molecule has 1 fully saturated rings. The van der Waals surface area contributed by atoms with Gasteiger partial charge in [0.25, 0.3) is 0 Å². The summed E-state index contributed by atoms with van der Waals surface area (Å²) in [5, 5.41) is 0. The van der Waals surface area contributed by atoms with Gasteiger partial charge in [-0.25, -0.2) is 4.79 Å². The molecule has 1 saturated heterocycles. The number of rotatable bonds is 1. The van der Waals surface area contributed by atoms with Crippen LogP contribution in [0.15, 0.2) is 18.5 Å². The van der Waals surface area contributed by atoms with Crippen molar-refractivity contribution in [1.82, 2.24) is 9.88 Å². The van der Waals surface area contributed by atoms with Gasteiger partial charge in [0, 0.05) is 18.9 Å². The first-order valence-corrected chi connectivity index (χ1v) is 6.78. The Bertz CT molecular complexity index is 465. The minimum Gasteiger partial charge on any atom is -0.444 e. The summed E-state index contributed by atoms with van der Waals surface area (Å²) in [6.07, 6.45) is 5.44. The highest BCUT2D eigenvalue weighted by Crippen LogP contribution is 2.33. The van der Waals surface area contributed by atoms with Crippen LogP contribution in [0.1, 0.15) is 50.8 Å².